The largest absolute Gasteiger partial charge is 0.495 e. The van der Waals surface area contributed by atoms with Gasteiger partial charge in [-0.15, -0.1) is 0 Å². The molecule has 3 aromatic carbocycles. The molecule has 0 bridgehead atoms. The zero-order chi connectivity index (χ0) is 24.1. The fourth-order valence-corrected chi connectivity index (χ4v) is 3.78. The lowest BCUT2D eigenvalue weighted by Crippen LogP contribution is -2.14. The van der Waals surface area contributed by atoms with Gasteiger partial charge in [-0.05, 0) is 35.4 Å². The molecule has 4 rings (SSSR count). The number of carbonyl (C=O) groups excluding carboxylic acids is 1. The van der Waals surface area contributed by atoms with E-state index in [1.807, 2.05) is 54.6 Å². The van der Waals surface area contributed by atoms with Gasteiger partial charge in [0.05, 0.1) is 12.8 Å². The van der Waals surface area contributed by atoms with E-state index in [4.69, 9.17) is 4.74 Å². The second-order valence-corrected chi connectivity index (χ2v) is 7.53. The van der Waals surface area contributed by atoms with Gasteiger partial charge in [-0.1, -0.05) is 54.6 Å². The van der Waals surface area contributed by atoms with E-state index in [1.165, 1.54) is 13.2 Å². The van der Waals surface area contributed by atoms with E-state index in [-0.39, 0.29) is 12.1 Å². The minimum atomic E-state index is -0.986. The smallest absolute Gasteiger partial charge is 0.323 e. The Morgan fingerprint density at radius 3 is 2.50 bits per heavy atom. The number of fused-ring (bicyclic) bond motifs is 1. The van der Waals surface area contributed by atoms with Crippen LogP contribution in [-0.4, -0.2) is 28.7 Å². The molecule has 0 unspecified atom stereocenters. The maximum absolute atomic E-state index is 13.0. The number of aromatic nitrogens is 1. The Bertz CT molecular complexity index is 1450. The first-order chi connectivity index (χ1) is 16.5. The fraction of sp³-hybridized carbons (Fsp3) is 0.0741. The Labute approximate surface area is 196 Å². The van der Waals surface area contributed by atoms with E-state index in [1.54, 1.807) is 35.0 Å². The average Bonchev–Trinajstić information content (AvgIpc) is 3.19. The summed E-state index contributed by atoms with van der Waals surface area (Å²) in [4.78, 5) is 24.3. The number of benzene rings is 3. The number of aliphatic carboxylic acids is 1. The molecule has 4 aromatic rings. The lowest BCUT2D eigenvalue weighted by molar-refractivity contribution is -0.137. The third-order valence-electron chi connectivity index (χ3n) is 5.34. The van der Waals surface area contributed by atoms with Crippen LogP contribution in [0, 0.1) is 11.3 Å². The molecule has 0 radical (unpaired) electrons. The van der Waals surface area contributed by atoms with Crippen molar-refractivity contribution in [2.75, 3.05) is 12.4 Å². The molecule has 0 atom stereocenters. The molecule has 0 aliphatic rings. The maximum Gasteiger partial charge on any atom is 0.323 e. The number of carboxylic acids is 1. The number of nitriles is 1. The zero-order valence-electron chi connectivity index (χ0n) is 18.4. The van der Waals surface area contributed by atoms with Gasteiger partial charge in [-0.2, -0.15) is 5.26 Å². The van der Waals surface area contributed by atoms with Crippen LogP contribution in [-0.2, 0) is 16.1 Å². The number of carbonyl (C=O) groups is 2. The quantitative estimate of drug-likeness (QED) is 0.306. The highest BCUT2D eigenvalue weighted by molar-refractivity contribution is 6.11. The maximum atomic E-state index is 13.0. The molecule has 0 saturated heterocycles. The lowest BCUT2D eigenvalue weighted by atomic mass is 10.0. The number of hydrogen-bond acceptors (Lipinski definition) is 4. The highest BCUT2D eigenvalue weighted by Crippen LogP contribution is 2.31. The van der Waals surface area contributed by atoms with Gasteiger partial charge in [0, 0.05) is 22.7 Å². The van der Waals surface area contributed by atoms with E-state index in [0.717, 1.165) is 16.5 Å². The Kier molecular flexibility index (Phi) is 6.42. The third-order valence-corrected chi connectivity index (χ3v) is 5.34. The van der Waals surface area contributed by atoms with Crippen LogP contribution in [0.25, 0.3) is 28.1 Å². The Morgan fingerprint density at radius 1 is 1.06 bits per heavy atom. The van der Waals surface area contributed by atoms with E-state index < -0.39 is 11.9 Å². The molecular formula is C27H21N3O4. The van der Waals surface area contributed by atoms with Gasteiger partial charge in [0.2, 0.25) is 0 Å². The lowest BCUT2D eigenvalue weighted by Gasteiger charge is -2.12. The number of carboxylic acid groups (broad SMARTS) is 1. The van der Waals surface area contributed by atoms with Crippen LogP contribution < -0.4 is 10.1 Å². The van der Waals surface area contributed by atoms with Crippen molar-refractivity contribution in [3.05, 3.63) is 90.1 Å². The van der Waals surface area contributed by atoms with Gasteiger partial charge in [0.25, 0.3) is 5.91 Å². The second kappa shape index (κ2) is 9.76. The van der Waals surface area contributed by atoms with Gasteiger partial charge < -0.3 is 19.7 Å². The number of rotatable bonds is 7. The van der Waals surface area contributed by atoms with Crippen molar-refractivity contribution in [3.8, 4) is 22.9 Å². The van der Waals surface area contributed by atoms with Crippen LogP contribution in [0.5, 0.6) is 5.75 Å². The predicted octanol–water partition coefficient (Wildman–Crippen LogP) is 4.95. The molecule has 0 fully saturated rings. The van der Waals surface area contributed by atoms with Crippen LogP contribution in [0.3, 0.4) is 0 Å². The van der Waals surface area contributed by atoms with Gasteiger partial charge in [0.15, 0.2) is 0 Å². The first-order valence-electron chi connectivity index (χ1n) is 10.5. The van der Waals surface area contributed by atoms with E-state index in [9.17, 15) is 20.0 Å². The molecule has 168 valence electrons. The highest BCUT2D eigenvalue weighted by Gasteiger charge is 2.16. The average molecular weight is 451 g/mol. The number of para-hydroxylation sites is 1. The summed E-state index contributed by atoms with van der Waals surface area (Å²) in [5, 5.41) is 22.4. The number of ether oxygens (including phenoxy) is 1. The van der Waals surface area contributed by atoms with Crippen LogP contribution in [0.2, 0.25) is 0 Å². The molecule has 1 heterocycles. The van der Waals surface area contributed by atoms with Crippen molar-refractivity contribution in [1.82, 2.24) is 4.57 Å². The molecule has 0 spiro atoms. The predicted molar refractivity (Wildman–Crippen MR) is 130 cm³/mol. The van der Waals surface area contributed by atoms with E-state index >= 15 is 0 Å². The molecule has 1 aromatic heterocycles. The molecule has 34 heavy (non-hydrogen) atoms. The number of nitrogens with one attached hydrogen (secondary N) is 1. The number of amides is 1. The molecule has 1 amide bonds. The van der Waals surface area contributed by atoms with Crippen molar-refractivity contribution in [3.63, 3.8) is 0 Å². The number of anilines is 1. The van der Waals surface area contributed by atoms with Crippen molar-refractivity contribution in [2.24, 2.45) is 0 Å². The summed E-state index contributed by atoms with van der Waals surface area (Å²) in [6.07, 6.45) is 3.09. The summed E-state index contributed by atoms with van der Waals surface area (Å²) >= 11 is 0. The molecule has 7 nitrogen and oxygen atoms in total. The topological polar surface area (TPSA) is 104 Å². The summed E-state index contributed by atoms with van der Waals surface area (Å²) in [6.45, 7) is -0.230. The Morgan fingerprint density at radius 2 is 1.79 bits per heavy atom. The molecule has 7 heteroatoms. The number of methoxy groups -OCH3 is 1. The number of nitrogens with zero attached hydrogens (tertiary/aromatic N) is 2. The summed E-state index contributed by atoms with van der Waals surface area (Å²) in [6, 6.07) is 24.3. The summed E-state index contributed by atoms with van der Waals surface area (Å²) in [5.74, 6) is -1.12. The number of hydrogen-bond donors (Lipinski definition) is 2. The van der Waals surface area contributed by atoms with Crippen LogP contribution >= 0.6 is 0 Å². The highest BCUT2D eigenvalue weighted by atomic mass is 16.5. The Balaban J connectivity index is 1.68. The fourth-order valence-electron chi connectivity index (χ4n) is 3.78. The minimum Gasteiger partial charge on any atom is -0.495 e. The molecule has 0 saturated carbocycles. The summed E-state index contributed by atoms with van der Waals surface area (Å²) in [7, 11) is 1.51. The van der Waals surface area contributed by atoms with Crippen LogP contribution in [0.1, 0.15) is 5.56 Å². The van der Waals surface area contributed by atoms with Gasteiger partial charge in [-0.3, -0.25) is 9.59 Å². The molecule has 2 N–H and O–H groups in total. The van der Waals surface area contributed by atoms with E-state index in [2.05, 4.69) is 5.32 Å². The third kappa shape index (κ3) is 4.66. The summed E-state index contributed by atoms with van der Waals surface area (Å²) in [5.41, 5.74) is 3.45. The molecule has 0 aliphatic heterocycles. The van der Waals surface area contributed by atoms with Gasteiger partial charge >= 0.3 is 5.97 Å². The minimum absolute atomic E-state index is 0.120. The standard InChI is InChI=1S/C27H21N3O4/c1-34-25-12-11-19(18-7-3-2-4-8-18)14-23(25)29-27(33)20(15-28)13-21-16-30(17-26(31)32)24-10-6-5-9-22(21)24/h2-14,16H,17H2,1H3,(H,29,33)(H,31,32)/b20-13+. The van der Waals surface area contributed by atoms with Crippen molar-refractivity contribution in [1.29, 1.82) is 5.26 Å². The molecule has 0 aliphatic carbocycles. The van der Waals surface area contributed by atoms with Crippen LogP contribution in [0.15, 0.2) is 84.6 Å². The van der Waals surface area contributed by atoms with Crippen molar-refractivity contribution in [2.45, 2.75) is 6.54 Å². The van der Waals surface area contributed by atoms with Gasteiger partial charge in [-0.25, -0.2) is 0 Å². The first-order valence-corrected chi connectivity index (χ1v) is 10.5. The Hall–Kier alpha value is -4.83. The zero-order valence-corrected chi connectivity index (χ0v) is 18.4. The van der Waals surface area contributed by atoms with Gasteiger partial charge in [0.1, 0.15) is 23.9 Å². The second-order valence-electron chi connectivity index (χ2n) is 7.53. The van der Waals surface area contributed by atoms with E-state index in [0.29, 0.717) is 22.5 Å². The monoisotopic (exact) mass is 451 g/mol. The van der Waals surface area contributed by atoms with Crippen molar-refractivity contribution >= 4 is 34.5 Å². The SMILES string of the molecule is COc1ccc(-c2ccccc2)cc1NC(=O)/C(C#N)=C/c1cn(CC(=O)O)c2ccccc12. The van der Waals surface area contributed by atoms with Crippen LogP contribution in [0.4, 0.5) is 5.69 Å². The first kappa shape index (κ1) is 22.4. The van der Waals surface area contributed by atoms with Crippen molar-refractivity contribution < 1.29 is 19.4 Å². The molecular weight excluding hydrogens is 430 g/mol. The normalized spacial score (nSPS) is 11.1. The summed E-state index contributed by atoms with van der Waals surface area (Å²) < 4.78 is 6.96.